The fraction of sp³-hybridized carbons (Fsp3) is 0.571. The van der Waals surface area contributed by atoms with Crippen LogP contribution >= 0.6 is 0 Å². The summed E-state index contributed by atoms with van der Waals surface area (Å²) in [6.07, 6.45) is 3.03. The van der Waals surface area contributed by atoms with E-state index >= 15 is 0 Å². The number of rotatable bonds is 5. The van der Waals surface area contributed by atoms with E-state index in [4.69, 9.17) is 0 Å². The van der Waals surface area contributed by atoms with Crippen molar-refractivity contribution >= 4 is 23.5 Å². The van der Waals surface area contributed by atoms with Crippen molar-refractivity contribution in [2.75, 3.05) is 24.5 Å². The molecule has 1 saturated carbocycles. The van der Waals surface area contributed by atoms with E-state index in [0.29, 0.717) is 43.1 Å². The number of carboxylic acids is 1. The van der Waals surface area contributed by atoms with Gasteiger partial charge < -0.3 is 20.0 Å². The van der Waals surface area contributed by atoms with Crippen molar-refractivity contribution in [1.29, 1.82) is 0 Å². The number of nitrogens with zero attached hydrogens (tertiary/aromatic N) is 2. The number of carbonyl (C=O) groups excluding carboxylic acids is 2. The molecule has 1 aliphatic carbocycles. The maximum atomic E-state index is 13.1. The van der Waals surface area contributed by atoms with Gasteiger partial charge in [-0.25, -0.2) is 0 Å². The first-order valence-corrected chi connectivity index (χ1v) is 10.0. The monoisotopic (exact) mass is 386 g/mol. The number of amides is 2. The van der Waals surface area contributed by atoms with Gasteiger partial charge in [0.1, 0.15) is 5.41 Å². The zero-order valence-electron chi connectivity index (χ0n) is 15.8. The SMILES string of the molecule is O=C(c1cccc(N2CCCC2=O)c1)N1CC[C@H](O)[C@](CC2CC2)(C(=O)O)C1. The average molecular weight is 386 g/mol. The summed E-state index contributed by atoms with van der Waals surface area (Å²) in [6.45, 7) is 0.994. The second kappa shape index (κ2) is 7.20. The second-order valence-corrected chi connectivity index (χ2v) is 8.34. The smallest absolute Gasteiger partial charge is 0.314 e. The van der Waals surface area contributed by atoms with E-state index < -0.39 is 17.5 Å². The van der Waals surface area contributed by atoms with E-state index in [9.17, 15) is 24.6 Å². The van der Waals surface area contributed by atoms with Gasteiger partial charge in [0.2, 0.25) is 5.91 Å². The molecule has 7 heteroatoms. The van der Waals surface area contributed by atoms with Crippen LogP contribution < -0.4 is 4.90 Å². The predicted octanol–water partition coefficient (Wildman–Crippen LogP) is 1.89. The highest BCUT2D eigenvalue weighted by molar-refractivity contribution is 5.99. The summed E-state index contributed by atoms with van der Waals surface area (Å²) in [5.74, 6) is -0.895. The molecule has 7 nitrogen and oxygen atoms in total. The number of aliphatic hydroxyl groups excluding tert-OH is 1. The van der Waals surface area contributed by atoms with Gasteiger partial charge in [-0.05, 0) is 43.4 Å². The summed E-state index contributed by atoms with van der Waals surface area (Å²) in [7, 11) is 0. The molecule has 3 aliphatic rings. The van der Waals surface area contributed by atoms with Gasteiger partial charge in [-0.1, -0.05) is 18.9 Å². The van der Waals surface area contributed by atoms with Gasteiger partial charge in [0, 0.05) is 37.3 Å². The van der Waals surface area contributed by atoms with Gasteiger partial charge >= 0.3 is 5.97 Å². The Morgan fingerprint density at radius 2 is 1.96 bits per heavy atom. The van der Waals surface area contributed by atoms with Gasteiger partial charge in [0.25, 0.3) is 5.91 Å². The molecule has 0 spiro atoms. The molecule has 2 aliphatic heterocycles. The zero-order valence-corrected chi connectivity index (χ0v) is 15.8. The molecule has 0 unspecified atom stereocenters. The summed E-state index contributed by atoms with van der Waals surface area (Å²) < 4.78 is 0. The average Bonchev–Trinajstić information content (AvgIpc) is 3.40. The van der Waals surface area contributed by atoms with Crippen LogP contribution in [0.2, 0.25) is 0 Å². The van der Waals surface area contributed by atoms with Crippen LogP contribution in [0.25, 0.3) is 0 Å². The molecule has 3 fully saturated rings. The maximum absolute atomic E-state index is 13.1. The van der Waals surface area contributed by atoms with Crippen LogP contribution in [0.3, 0.4) is 0 Å². The molecule has 2 saturated heterocycles. The fourth-order valence-electron chi connectivity index (χ4n) is 4.50. The molecular formula is C21H26N2O5. The van der Waals surface area contributed by atoms with E-state index in [2.05, 4.69) is 0 Å². The van der Waals surface area contributed by atoms with Crippen molar-refractivity contribution in [3.63, 3.8) is 0 Å². The Morgan fingerprint density at radius 3 is 2.61 bits per heavy atom. The van der Waals surface area contributed by atoms with Crippen LogP contribution in [-0.4, -0.2) is 58.6 Å². The van der Waals surface area contributed by atoms with Crippen molar-refractivity contribution in [2.45, 2.75) is 44.6 Å². The van der Waals surface area contributed by atoms with Gasteiger partial charge in [-0.3, -0.25) is 14.4 Å². The summed E-state index contributed by atoms with van der Waals surface area (Å²) in [4.78, 5) is 40.4. The van der Waals surface area contributed by atoms with E-state index in [1.165, 1.54) is 0 Å². The largest absolute Gasteiger partial charge is 0.481 e. The zero-order chi connectivity index (χ0) is 19.9. The number of piperidine rings is 1. The number of carboxylic acid groups (broad SMARTS) is 1. The summed E-state index contributed by atoms with van der Waals surface area (Å²) in [6, 6.07) is 6.97. The summed E-state index contributed by atoms with van der Waals surface area (Å²) >= 11 is 0. The van der Waals surface area contributed by atoms with Crippen molar-refractivity contribution < 1.29 is 24.6 Å². The number of carbonyl (C=O) groups is 3. The summed E-state index contributed by atoms with van der Waals surface area (Å²) in [5, 5.41) is 20.4. The summed E-state index contributed by atoms with van der Waals surface area (Å²) in [5.41, 5.74) is -0.149. The molecule has 0 bridgehead atoms. The highest BCUT2D eigenvalue weighted by atomic mass is 16.4. The number of aliphatic hydroxyl groups is 1. The van der Waals surface area contributed by atoms with Gasteiger partial charge in [-0.2, -0.15) is 0 Å². The first kappa shape index (κ1) is 18.9. The number of anilines is 1. The topological polar surface area (TPSA) is 98.2 Å². The number of aliphatic carboxylic acids is 1. The van der Waals surface area contributed by atoms with Crippen molar-refractivity contribution in [2.24, 2.45) is 11.3 Å². The van der Waals surface area contributed by atoms with E-state index in [-0.39, 0.29) is 24.8 Å². The van der Waals surface area contributed by atoms with Crippen LogP contribution in [0.15, 0.2) is 24.3 Å². The third kappa shape index (κ3) is 3.39. The predicted molar refractivity (Wildman–Crippen MR) is 102 cm³/mol. The molecule has 28 heavy (non-hydrogen) atoms. The number of benzene rings is 1. The van der Waals surface area contributed by atoms with Crippen molar-refractivity contribution in [3.8, 4) is 0 Å². The Bertz CT molecular complexity index is 806. The number of hydrogen-bond acceptors (Lipinski definition) is 4. The third-order valence-corrected chi connectivity index (χ3v) is 6.32. The van der Waals surface area contributed by atoms with Gasteiger partial charge in [0.05, 0.1) is 6.10 Å². The van der Waals surface area contributed by atoms with Gasteiger partial charge in [-0.15, -0.1) is 0 Å². The normalized spacial score (nSPS) is 27.9. The molecule has 1 aromatic carbocycles. The lowest BCUT2D eigenvalue weighted by atomic mass is 9.73. The molecule has 1 aromatic rings. The lowest BCUT2D eigenvalue weighted by Gasteiger charge is -2.43. The lowest BCUT2D eigenvalue weighted by molar-refractivity contribution is -0.163. The number of likely N-dealkylation sites (tertiary alicyclic amines) is 1. The Kier molecular flexibility index (Phi) is 4.87. The second-order valence-electron chi connectivity index (χ2n) is 8.34. The highest BCUT2D eigenvalue weighted by Gasteiger charge is 2.52. The quantitative estimate of drug-likeness (QED) is 0.805. The Balaban J connectivity index is 1.56. The minimum atomic E-state index is -1.29. The maximum Gasteiger partial charge on any atom is 0.314 e. The fourth-order valence-corrected chi connectivity index (χ4v) is 4.50. The molecule has 2 atom stereocenters. The molecule has 4 rings (SSSR count). The molecule has 0 aromatic heterocycles. The Hall–Kier alpha value is -2.41. The molecule has 150 valence electrons. The Morgan fingerprint density at radius 1 is 1.18 bits per heavy atom. The molecule has 0 radical (unpaired) electrons. The minimum absolute atomic E-state index is 0.0195. The van der Waals surface area contributed by atoms with Crippen LogP contribution in [0.5, 0.6) is 0 Å². The molecule has 2 N–H and O–H groups in total. The van der Waals surface area contributed by atoms with Gasteiger partial charge in [0.15, 0.2) is 0 Å². The third-order valence-electron chi connectivity index (χ3n) is 6.32. The van der Waals surface area contributed by atoms with Crippen LogP contribution in [-0.2, 0) is 9.59 Å². The van der Waals surface area contributed by atoms with Crippen molar-refractivity contribution in [1.82, 2.24) is 4.90 Å². The number of hydrogen-bond donors (Lipinski definition) is 2. The lowest BCUT2D eigenvalue weighted by Crippen LogP contribution is -2.57. The molecular weight excluding hydrogens is 360 g/mol. The van der Waals surface area contributed by atoms with Crippen LogP contribution in [0.1, 0.15) is 48.9 Å². The molecule has 2 amide bonds. The molecule has 2 heterocycles. The first-order chi connectivity index (χ1) is 13.4. The minimum Gasteiger partial charge on any atom is -0.481 e. The van der Waals surface area contributed by atoms with E-state index in [0.717, 1.165) is 19.3 Å². The van der Waals surface area contributed by atoms with Crippen LogP contribution in [0.4, 0.5) is 5.69 Å². The Labute approximate surface area is 163 Å². The van der Waals surface area contributed by atoms with E-state index in [1.54, 1.807) is 28.0 Å². The van der Waals surface area contributed by atoms with Crippen LogP contribution in [0, 0.1) is 11.3 Å². The van der Waals surface area contributed by atoms with Crippen molar-refractivity contribution in [3.05, 3.63) is 29.8 Å². The first-order valence-electron chi connectivity index (χ1n) is 10.0. The highest BCUT2D eigenvalue weighted by Crippen LogP contribution is 2.45. The standard InChI is InChI=1S/C21H26N2O5/c24-17-8-10-22(13-21(17,20(27)28)12-14-6-7-14)19(26)15-3-1-4-16(11-15)23-9-2-5-18(23)25/h1,3-4,11,14,17,24H,2,5-10,12-13H2,(H,27,28)/t17-,21+/m0/s1. The van der Waals surface area contributed by atoms with E-state index in [1.807, 2.05) is 6.07 Å².